The predicted molar refractivity (Wildman–Crippen MR) is 160 cm³/mol. The number of carbonyl (C=O) groups excluding carboxylic acids is 1. The van der Waals surface area contributed by atoms with Gasteiger partial charge < -0.3 is 20.1 Å². The van der Waals surface area contributed by atoms with Crippen LogP contribution >= 0.6 is 0 Å². The van der Waals surface area contributed by atoms with Crippen LogP contribution in [0.1, 0.15) is 77.2 Å². The lowest BCUT2D eigenvalue weighted by molar-refractivity contribution is -0.659. The maximum Gasteiger partial charge on any atom is 0.304 e. The molecule has 0 atom stereocenters. The number of methoxy groups -OCH3 is 1. The highest BCUT2D eigenvalue weighted by Crippen LogP contribution is 2.34. The number of rotatable bonds is 7. The highest BCUT2D eigenvalue weighted by atomic mass is 16.5. The Balaban J connectivity index is 1.45. The number of anilines is 2. The molecule has 0 spiro atoms. The maximum atomic E-state index is 13.4. The molecule has 41 heavy (non-hydrogen) atoms. The second-order valence-electron chi connectivity index (χ2n) is 11.1. The number of aliphatic imine (C=N–C) groups is 1. The summed E-state index contributed by atoms with van der Waals surface area (Å²) in [6.07, 6.45) is 10.5. The van der Waals surface area contributed by atoms with Gasteiger partial charge in [0.25, 0.3) is 5.82 Å². The van der Waals surface area contributed by atoms with Gasteiger partial charge in [-0.2, -0.15) is 0 Å². The number of pyridine rings is 1. The lowest BCUT2D eigenvalue weighted by Crippen LogP contribution is -2.39. The Morgan fingerprint density at radius 3 is 2.80 bits per heavy atom. The standard InChI is InChI=1S/C32H39N5O4/c1-21-17-24(9-10-25(21)22-11-14-37(15-12-22)16-13-30(39)40)34-32-31-23(7-5-4-6-8-28(31)38)18-27(36(32)2)26-19-33-20-29(35-26)41-3/h5,7,9-10,17-19,22H,4,6,8,11-16,20H2,1-3H3,(H2,33,34,38,39,40)/p+1. The van der Waals surface area contributed by atoms with Crippen LogP contribution in [0.2, 0.25) is 0 Å². The lowest BCUT2D eigenvalue weighted by Gasteiger charge is -2.32. The van der Waals surface area contributed by atoms with Gasteiger partial charge in [-0.25, -0.2) is 14.9 Å². The number of benzene rings is 1. The first-order chi connectivity index (χ1) is 19.8. The SMILES string of the molecule is COC1=NC(c2cc3c(c(Nc4ccc(C5CCN(CCC(=O)O)CC5)c(C)c4)[n+]2C)C(=O)CCCC=C3)=CNC1. The summed E-state index contributed by atoms with van der Waals surface area (Å²) in [6, 6.07) is 8.50. The minimum Gasteiger partial charge on any atom is -0.483 e. The van der Waals surface area contributed by atoms with Crippen molar-refractivity contribution in [2.24, 2.45) is 12.0 Å². The molecule has 9 heteroatoms. The summed E-state index contributed by atoms with van der Waals surface area (Å²) in [4.78, 5) is 31.3. The third kappa shape index (κ3) is 6.51. The van der Waals surface area contributed by atoms with E-state index in [9.17, 15) is 9.59 Å². The number of carbonyl (C=O) groups is 2. The Hall–Kier alpha value is -3.98. The van der Waals surface area contributed by atoms with E-state index in [-0.39, 0.29) is 12.2 Å². The van der Waals surface area contributed by atoms with Crippen LogP contribution in [-0.2, 0) is 16.6 Å². The smallest absolute Gasteiger partial charge is 0.304 e. The first kappa shape index (κ1) is 28.5. The number of aryl methyl sites for hydroxylation is 1. The summed E-state index contributed by atoms with van der Waals surface area (Å²) in [5.41, 5.74) is 6.66. The Bertz CT molecular complexity index is 1420. The Labute approximate surface area is 241 Å². The van der Waals surface area contributed by atoms with E-state index in [0.717, 1.165) is 67.2 Å². The number of carboxylic acid groups (broad SMARTS) is 1. The fraction of sp³-hybridized carbons (Fsp3) is 0.438. The third-order valence-electron chi connectivity index (χ3n) is 8.30. The minimum absolute atomic E-state index is 0.133. The predicted octanol–water partition coefficient (Wildman–Crippen LogP) is 4.54. The molecule has 3 N–H and O–H groups in total. The number of Topliss-reactive ketones (excluding diaryl/α,β-unsaturated/α-hetero) is 1. The zero-order valence-electron chi connectivity index (χ0n) is 24.2. The van der Waals surface area contributed by atoms with E-state index in [1.54, 1.807) is 7.11 Å². The summed E-state index contributed by atoms with van der Waals surface area (Å²) in [5.74, 6) is 1.20. The second kappa shape index (κ2) is 12.7. The van der Waals surface area contributed by atoms with E-state index in [1.807, 2.05) is 23.9 Å². The molecular weight excluding hydrogens is 518 g/mol. The summed E-state index contributed by atoms with van der Waals surface area (Å²) in [5, 5.41) is 15.8. The van der Waals surface area contributed by atoms with Crippen LogP contribution in [0.3, 0.4) is 0 Å². The largest absolute Gasteiger partial charge is 0.483 e. The Morgan fingerprint density at radius 2 is 2.07 bits per heavy atom. The number of nitrogens with zero attached hydrogens (tertiary/aromatic N) is 3. The van der Waals surface area contributed by atoms with E-state index in [0.29, 0.717) is 36.9 Å². The van der Waals surface area contributed by atoms with Crippen molar-refractivity contribution in [3.05, 3.63) is 64.5 Å². The van der Waals surface area contributed by atoms with Gasteiger partial charge in [0.15, 0.2) is 11.5 Å². The number of fused-ring (bicyclic) bond motifs is 1. The van der Waals surface area contributed by atoms with E-state index in [4.69, 9.17) is 14.8 Å². The topological polar surface area (TPSA) is 107 Å². The van der Waals surface area contributed by atoms with Gasteiger partial charge in [-0.05, 0) is 86.5 Å². The van der Waals surface area contributed by atoms with Gasteiger partial charge in [0.1, 0.15) is 16.9 Å². The van der Waals surface area contributed by atoms with Gasteiger partial charge in [0, 0.05) is 19.2 Å². The number of piperidine rings is 1. The summed E-state index contributed by atoms with van der Waals surface area (Å²) < 4.78 is 7.42. The number of nitrogens with one attached hydrogen (secondary N) is 2. The molecule has 3 aliphatic rings. The fourth-order valence-corrected chi connectivity index (χ4v) is 6.03. The number of likely N-dealkylation sites (tertiary alicyclic amines) is 1. The molecule has 1 fully saturated rings. The number of aromatic nitrogens is 1. The van der Waals surface area contributed by atoms with E-state index < -0.39 is 5.97 Å². The molecule has 216 valence electrons. The number of carboxylic acids is 1. The molecule has 1 aromatic heterocycles. The number of ketones is 1. The molecule has 0 amide bonds. The van der Waals surface area contributed by atoms with Crippen molar-refractivity contribution in [2.45, 2.75) is 51.4 Å². The van der Waals surface area contributed by atoms with Gasteiger partial charge >= 0.3 is 5.97 Å². The van der Waals surface area contributed by atoms with Gasteiger partial charge in [-0.1, -0.05) is 18.2 Å². The van der Waals surface area contributed by atoms with Crippen LogP contribution in [-0.4, -0.2) is 60.9 Å². The molecule has 1 aromatic carbocycles. The molecule has 0 saturated carbocycles. The summed E-state index contributed by atoms with van der Waals surface area (Å²) >= 11 is 0. The Kier molecular flexibility index (Phi) is 8.83. The van der Waals surface area contributed by atoms with Crippen molar-refractivity contribution in [3.63, 3.8) is 0 Å². The zero-order valence-corrected chi connectivity index (χ0v) is 24.2. The number of hydrogen-bond donors (Lipinski definition) is 3. The van der Waals surface area contributed by atoms with Crippen molar-refractivity contribution in [1.29, 1.82) is 0 Å². The fourth-order valence-electron chi connectivity index (χ4n) is 6.03. The average Bonchev–Trinajstić information content (AvgIpc) is 2.96. The van der Waals surface area contributed by atoms with Gasteiger partial charge in [-0.15, -0.1) is 0 Å². The van der Waals surface area contributed by atoms with E-state index in [2.05, 4.69) is 52.8 Å². The minimum atomic E-state index is -0.741. The summed E-state index contributed by atoms with van der Waals surface area (Å²) in [6.45, 7) is 5.12. The maximum absolute atomic E-state index is 13.4. The molecule has 0 bridgehead atoms. The van der Waals surface area contributed by atoms with E-state index >= 15 is 0 Å². The molecule has 9 nitrogen and oxygen atoms in total. The number of ether oxygens (including phenoxy) is 1. The first-order valence-corrected chi connectivity index (χ1v) is 14.5. The van der Waals surface area contributed by atoms with E-state index in [1.165, 1.54) is 11.1 Å². The molecule has 0 radical (unpaired) electrons. The van der Waals surface area contributed by atoms with Crippen molar-refractivity contribution in [3.8, 4) is 0 Å². The number of hydrogen-bond acceptors (Lipinski definition) is 7. The molecule has 1 aliphatic carbocycles. The molecule has 0 unspecified atom stereocenters. The Morgan fingerprint density at radius 1 is 1.27 bits per heavy atom. The first-order valence-electron chi connectivity index (χ1n) is 14.5. The second-order valence-corrected chi connectivity index (χ2v) is 11.1. The van der Waals surface area contributed by atoms with Crippen LogP contribution in [0.15, 0.2) is 41.5 Å². The molecule has 2 aliphatic heterocycles. The molecule has 3 heterocycles. The van der Waals surface area contributed by atoms with Crippen molar-refractivity contribution in [1.82, 2.24) is 10.2 Å². The van der Waals surface area contributed by atoms with Crippen molar-refractivity contribution in [2.75, 3.05) is 38.6 Å². The van der Waals surface area contributed by atoms with Crippen molar-refractivity contribution < 1.29 is 24.0 Å². The van der Waals surface area contributed by atoms with Gasteiger partial charge in [0.05, 0.1) is 27.1 Å². The average molecular weight is 559 g/mol. The highest BCUT2D eigenvalue weighted by molar-refractivity contribution is 6.04. The third-order valence-corrected chi connectivity index (χ3v) is 8.30. The van der Waals surface area contributed by atoms with Crippen LogP contribution in [0.4, 0.5) is 11.5 Å². The lowest BCUT2D eigenvalue weighted by atomic mass is 9.86. The summed E-state index contributed by atoms with van der Waals surface area (Å²) in [7, 11) is 3.58. The zero-order chi connectivity index (χ0) is 28.9. The quantitative estimate of drug-likeness (QED) is 0.428. The normalized spacial score (nSPS) is 18.0. The van der Waals surface area contributed by atoms with Crippen LogP contribution in [0.5, 0.6) is 0 Å². The van der Waals surface area contributed by atoms with Gasteiger partial charge in [-0.3, -0.25) is 9.59 Å². The van der Waals surface area contributed by atoms with Crippen molar-refractivity contribution >= 4 is 40.9 Å². The van der Waals surface area contributed by atoms with Crippen LogP contribution in [0.25, 0.3) is 11.8 Å². The highest BCUT2D eigenvalue weighted by Gasteiger charge is 2.29. The monoisotopic (exact) mass is 558 g/mol. The molecular formula is C32H40N5O4+. The molecule has 5 rings (SSSR count). The van der Waals surface area contributed by atoms with Crippen LogP contribution in [0, 0.1) is 6.92 Å². The van der Waals surface area contributed by atoms with Gasteiger partial charge in [0.2, 0.25) is 5.90 Å². The number of aliphatic carboxylic acids is 1. The molecule has 2 aromatic rings. The van der Waals surface area contributed by atoms with Crippen LogP contribution < -0.4 is 15.2 Å². The number of allylic oxidation sites excluding steroid dienone is 1. The molecule has 1 saturated heterocycles.